The summed E-state index contributed by atoms with van der Waals surface area (Å²) in [5, 5.41) is 2.99. The number of halogens is 3. The molecule has 3 rings (SSSR count). The number of alkyl halides is 3. The van der Waals surface area contributed by atoms with E-state index in [1.165, 1.54) is 18.5 Å². The van der Waals surface area contributed by atoms with Crippen LogP contribution in [0.25, 0.3) is 10.9 Å². The van der Waals surface area contributed by atoms with Crippen LogP contribution in [0.4, 0.5) is 13.2 Å². The van der Waals surface area contributed by atoms with Crippen LogP contribution in [0.2, 0.25) is 0 Å². The maximum atomic E-state index is 12.8. The fourth-order valence-electron chi connectivity index (χ4n) is 2.73. The molecule has 0 fully saturated rings. The summed E-state index contributed by atoms with van der Waals surface area (Å²) < 4.78 is 39.6. The summed E-state index contributed by atoms with van der Waals surface area (Å²) in [6, 6.07) is 10.9. The number of amides is 1. The van der Waals surface area contributed by atoms with Gasteiger partial charge in [-0.3, -0.25) is 14.2 Å². The van der Waals surface area contributed by atoms with Gasteiger partial charge in [-0.25, -0.2) is 4.98 Å². The van der Waals surface area contributed by atoms with Crippen LogP contribution in [0.5, 0.6) is 0 Å². The second kappa shape index (κ2) is 7.22. The summed E-state index contributed by atoms with van der Waals surface area (Å²) in [5.74, 6) is -0.501. The molecule has 3 aromatic rings. The lowest BCUT2D eigenvalue weighted by molar-refractivity contribution is -0.137. The number of hydrogen-bond donors (Lipinski definition) is 1. The zero-order valence-corrected chi connectivity index (χ0v) is 14.3. The van der Waals surface area contributed by atoms with Crippen molar-refractivity contribution >= 4 is 16.8 Å². The van der Waals surface area contributed by atoms with Gasteiger partial charge >= 0.3 is 6.18 Å². The predicted octanol–water partition coefficient (Wildman–Crippen LogP) is 3.29. The number of para-hydroxylation sites is 1. The molecule has 0 saturated heterocycles. The molecule has 1 N–H and O–H groups in total. The molecule has 0 spiro atoms. The van der Waals surface area contributed by atoms with Gasteiger partial charge in [0.2, 0.25) is 5.91 Å². The third-order valence-electron chi connectivity index (χ3n) is 4.14. The Morgan fingerprint density at radius 3 is 2.67 bits per heavy atom. The van der Waals surface area contributed by atoms with Crippen molar-refractivity contribution in [2.75, 3.05) is 0 Å². The third-order valence-corrected chi connectivity index (χ3v) is 4.14. The van der Waals surface area contributed by atoms with Crippen LogP contribution in [0.3, 0.4) is 0 Å². The Hall–Kier alpha value is -3.16. The monoisotopic (exact) mass is 375 g/mol. The van der Waals surface area contributed by atoms with E-state index >= 15 is 0 Å². The van der Waals surface area contributed by atoms with E-state index in [1.807, 2.05) is 0 Å². The highest BCUT2D eigenvalue weighted by atomic mass is 19.4. The van der Waals surface area contributed by atoms with E-state index in [0.717, 1.165) is 16.7 Å². The molecule has 0 aliphatic rings. The molecule has 2 aromatic carbocycles. The fourth-order valence-corrected chi connectivity index (χ4v) is 2.73. The minimum absolute atomic E-state index is 0.278. The second-order valence-corrected chi connectivity index (χ2v) is 6.11. The van der Waals surface area contributed by atoms with E-state index in [1.54, 1.807) is 31.2 Å². The third kappa shape index (κ3) is 4.16. The molecule has 5 nitrogen and oxygen atoms in total. The number of hydrogen-bond acceptors (Lipinski definition) is 3. The second-order valence-electron chi connectivity index (χ2n) is 6.11. The van der Waals surface area contributed by atoms with Gasteiger partial charge in [0.25, 0.3) is 5.56 Å². The van der Waals surface area contributed by atoms with Crippen LogP contribution in [-0.2, 0) is 17.5 Å². The first-order valence-corrected chi connectivity index (χ1v) is 8.16. The topological polar surface area (TPSA) is 64.0 Å². The Kier molecular flexibility index (Phi) is 4.98. The molecule has 27 heavy (non-hydrogen) atoms. The van der Waals surface area contributed by atoms with E-state index in [2.05, 4.69) is 10.3 Å². The van der Waals surface area contributed by atoms with Crippen LogP contribution in [0.15, 0.2) is 59.7 Å². The molecule has 140 valence electrons. The normalized spacial score (nSPS) is 12.7. The number of fused-ring (bicyclic) bond motifs is 1. The highest BCUT2D eigenvalue weighted by Gasteiger charge is 2.30. The van der Waals surface area contributed by atoms with Gasteiger partial charge in [-0.2, -0.15) is 13.2 Å². The van der Waals surface area contributed by atoms with Crippen LogP contribution < -0.4 is 10.9 Å². The minimum Gasteiger partial charge on any atom is -0.348 e. The molecule has 1 aromatic heterocycles. The van der Waals surface area contributed by atoms with Crippen molar-refractivity contribution in [3.05, 3.63) is 76.3 Å². The molecule has 0 aliphatic carbocycles. The lowest BCUT2D eigenvalue weighted by Gasteiger charge is -2.16. The Morgan fingerprint density at radius 1 is 1.19 bits per heavy atom. The molecular weight excluding hydrogens is 359 g/mol. The molecule has 0 bridgehead atoms. The Labute approximate surface area is 152 Å². The van der Waals surface area contributed by atoms with Gasteiger partial charge in [-0.1, -0.05) is 24.3 Å². The summed E-state index contributed by atoms with van der Waals surface area (Å²) >= 11 is 0. The number of nitrogens with one attached hydrogen (secondary N) is 1. The zero-order valence-electron chi connectivity index (χ0n) is 14.3. The van der Waals surface area contributed by atoms with Gasteiger partial charge in [0.05, 0.1) is 28.8 Å². The van der Waals surface area contributed by atoms with Crippen LogP contribution in [0.1, 0.15) is 24.1 Å². The molecule has 0 radical (unpaired) electrons. The number of rotatable bonds is 4. The highest BCUT2D eigenvalue weighted by Crippen LogP contribution is 2.30. The molecule has 1 heterocycles. The first-order chi connectivity index (χ1) is 12.8. The van der Waals surface area contributed by atoms with Crippen molar-refractivity contribution in [1.29, 1.82) is 0 Å². The van der Waals surface area contributed by atoms with Gasteiger partial charge in [0, 0.05) is 0 Å². The molecule has 0 saturated carbocycles. The van der Waals surface area contributed by atoms with Crippen LogP contribution >= 0.6 is 0 Å². The lowest BCUT2D eigenvalue weighted by Crippen LogP contribution is -2.34. The summed E-state index contributed by atoms with van der Waals surface area (Å²) in [5.41, 5.74) is -0.294. The molecule has 1 amide bonds. The largest absolute Gasteiger partial charge is 0.416 e. The predicted molar refractivity (Wildman–Crippen MR) is 94.0 cm³/mol. The molecular formula is C19H16F3N3O2. The maximum Gasteiger partial charge on any atom is 0.416 e. The SMILES string of the molecule is C[C@H](NC(=O)Cn1cnc2ccccc2c1=O)c1cccc(C(F)(F)F)c1. The smallest absolute Gasteiger partial charge is 0.348 e. The number of aromatic nitrogens is 2. The minimum atomic E-state index is -4.45. The van der Waals surface area contributed by atoms with Gasteiger partial charge in [0.1, 0.15) is 6.54 Å². The van der Waals surface area contributed by atoms with E-state index in [9.17, 15) is 22.8 Å². The summed E-state index contributed by atoms with van der Waals surface area (Å²) in [7, 11) is 0. The Morgan fingerprint density at radius 2 is 1.93 bits per heavy atom. The summed E-state index contributed by atoms with van der Waals surface area (Å²) in [6.07, 6.45) is -3.18. The number of benzene rings is 2. The van der Waals surface area contributed by atoms with Crippen molar-refractivity contribution in [2.24, 2.45) is 0 Å². The quantitative estimate of drug-likeness (QED) is 0.761. The molecule has 8 heteroatoms. The van der Waals surface area contributed by atoms with Gasteiger partial charge < -0.3 is 5.32 Å². The first-order valence-electron chi connectivity index (χ1n) is 8.16. The molecule has 0 unspecified atom stereocenters. The van der Waals surface area contributed by atoms with Gasteiger partial charge in [-0.05, 0) is 36.8 Å². The highest BCUT2D eigenvalue weighted by molar-refractivity contribution is 5.79. The standard InChI is InChI=1S/C19H16F3N3O2/c1-12(13-5-4-6-14(9-13)19(20,21)22)24-17(26)10-25-11-23-16-8-3-2-7-15(16)18(25)27/h2-9,11-12H,10H2,1H3,(H,24,26)/t12-/m0/s1. The maximum absolute atomic E-state index is 12.8. The van der Waals surface area contributed by atoms with Crippen molar-refractivity contribution in [3.63, 3.8) is 0 Å². The van der Waals surface area contributed by atoms with E-state index < -0.39 is 23.7 Å². The summed E-state index contributed by atoms with van der Waals surface area (Å²) in [6.45, 7) is 1.30. The van der Waals surface area contributed by atoms with Gasteiger partial charge in [-0.15, -0.1) is 0 Å². The van der Waals surface area contributed by atoms with Crippen LogP contribution in [0, 0.1) is 0 Å². The van der Waals surface area contributed by atoms with Crippen molar-refractivity contribution in [3.8, 4) is 0 Å². The zero-order chi connectivity index (χ0) is 19.6. The number of carbonyl (C=O) groups excluding carboxylic acids is 1. The fraction of sp³-hybridized carbons (Fsp3) is 0.211. The summed E-state index contributed by atoms with van der Waals surface area (Å²) in [4.78, 5) is 28.8. The van der Waals surface area contributed by atoms with E-state index in [-0.39, 0.29) is 12.1 Å². The van der Waals surface area contributed by atoms with Crippen molar-refractivity contribution in [1.82, 2.24) is 14.9 Å². The van der Waals surface area contributed by atoms with E-state index in [0.29, 0.717) is 16.5 Å². The van der Waals surface area contributed by atoms with Crippen molar-refractivity contribution in [2.45, 2.75) is 25.7 Å². The number of nitrogens with zero attached hydrogens (tertiary/aromatic N) is 2. The van der Waals surface area contributed by atoms with Crippen LogP contribution in [-0.4, -0.2) is 15.5 Å². The first kappa shape index (κ1) is 18.6. The Balaban J connectivity index is 1.75. The number of carbonyl (C=O) groups is 1. The molecule has 0 aliphatic heterocycles. The lowest BCUT2D eigenvalue weighted by atomic mass is 10.0. The van der Waals surface area contributed by atoms with Gasteiger partial charge in [0.15, 0.2) is 0 Å². The van der Waals surface area contributed by atoms with E-state index in [4.69, 9.17) is 0 Å². The Bertz CT molecular complexity index is 1040. The molecule has 1 atom stereocenters. The van der Waals surface area contributed by atoms with Crippen molar-refractivity contribution < 1.29 is 18.0 Å². The average Bonchev–Trinajstić information content (AvgIpc) is 2.63. The average molecular weight is 375 g/mol.